The minimum Gasteiger partial charge on any atom is -0.333 e. The Hall–Kier alpha value is -3.28. The number of carbonyl (C=O) groups is 2. The van der Waals surface area contributed by atoms with Gasteiger partial charge >= 0.3 is 11.8 Å². The van der Waals surface area contributed by atoms with E-state index in [1.54, 1.807) is 25.4 Å². The Morgan fingerprint density at radius 2 is 2.12 bits per heavy atom. The number of nitrogens with zero attached hydrogens (tertiary/aromatic N) is 6. The molecule has 1 N–H and O–H groups in total. The third kappa shape index (κ3) is 3.08. The predicted molar refractivity (Wildman–Crippen MR) is 82.7 cm³/mol. The van der Waals surface area contributed by atoms with Crippen LogP contribution >= 0.6 is 0 Å². The fourth-order valence-electron chi connectivity index (χ4n) is 2.46. The summed E-state index contributed by atoms with van der Waals surface area (Å²) in [6.07, 6.45) is 6.64. The Kier molecular flexibility index (Phi) is 3.95. The summed E-state index contributed by atoms with van der Waals surface area (Å²) in [5.41, 5.74) is -0.228. The Morgan fingerprint density at radius 3 is 2.79 bits per heavy atom. The minimum atomic E-state index is -0.759. The van der Waals surface area contributed by atoms with Crippen LogP contribution in [0.15, 0.2) is 30.9 Å². The van der Waals surface area contributed by atoms with Crippen molar-refractivity contribution in [2.24, 2.45) is 5.41 Å². The Bertz CT molecular complexity index is 811. The lowest BCUT2D eigenvalue weighted by atomic mass is 9.92. The minimum absolute atomic E-state index is 0.257. The highest BCUT2D eigenvalue weighted by atomic mass is 16.2. The van der Waals surface area contributed by atoms with Crippen molar-refractivity contribution in [3.05, 3.63) is 30.9 Å². The Balaban J connectivity index is 1.65. The Labute approximate surface area is 137 Å². The third-order valence-corrected chi connectivity index (χ3v) is 3.82. The molecule has 0 aromatic carbocycles. The van der Waals surface area contributed by atoms with E-state index in [1.165, 1.54) is 22.0 Å². The number of hydrogen-bond donors (Lipinski definition) is 1. The average molecular weight is 325 g/mol. The first-order valence-electron chi connectivity index (χ1n) is 7.34. The average Bonchev–Trinajstić information content (AvgIpc) is 3.22. The quantitative estimate of drug-likeness (QED) is 0.797. The molecule has 122 valence electrons. The van der Waals surface area contributed by atoms with Gasteiger partial charge in [-0.05, 0) is 19.4 Å². The number of anilines is 1. The summed E-state index contributed by atoms with van der Waals surface area (Å²) in [6.45, 7) is 2.43. The van der Waals surface area contributed by atoms with Crippen LogP contribution in [0.4, 0.5) is 5.69 Å². The number of nitrogens with one attached hydrogen (secondary N) is 1. The van der Waals surface area contributed by atoms with Crippen LogP contribution in [0, 0.1) is 16.7 Å². The van der Waals surface area contributed by atoms with Gasteiger partial charge in [-0.3, -0.25) is 9.59 Å². The number of amides is 2. The highest BCUT2D eigenvalue weighted by Crippen LogP contribution is 2.28. The van der Waals surface area contributed by atoms with E-state index in [0.717, 1.165) is 0 Å². The van der Waals surface area contributed by atoms with E-state index < -0.39 is 17.2 Å². The van der Waals surface area contributed by atoms with Crippen LogP contribution < -0.4 is 5.32 Å². The van der Waals surface area contributed by atoms with E-state index in [0.29, 0.717) is 24.6 Å². The fourth-order valence-corrected chi connectivity index (χ4v) is 2.46. The van der Waals surface area contributed by atoms with Gasteiger partial charge in [0.1, 0.15) is 0 Å². The molecule has 24 heavy (non-hydrogen) atoms. The van der Waals surface area contributed by atoms with E-state index in [1.807, 2.05) is 0 Å². The summed E-state index contributed by atoms with van der Waals surface area (Å²) in [5.74, 6) is -1.06. The van der Waals surface area contributed by atoms with E-state index in [4.69, 9.17) is 5.26 Å². The van der Waals surface area contributed by atoms with Crippen molar-refractivity contribution in [1.82, 2.24) is 24.6 Å². The number of hydrogen-bond acceptors (Lipinski definition) is 6. The summed E-state index contributed by atoms with van der Waals surface area (Å²) in [6, 6.07) is 3.86. The zero-order chi connectivity index (χ0) is 17.2. The first kappa shape index (κ1) is 15.6. The van der Waals surface area contributed by atoms with Crippen LogP contribution in [0.2, 0.25) is 0 Å². The monoisotopic (exact) mass is 325 g/mol. The van der Waals surface area contributed by atoms with E-state index >= 15 is 0 Å². The lowest BCUT2D eigenvalue weighted by molar-refractivity contribution is -0.142. The largest absolute Gasteiger partial charge is 0.333 e. The van der Waals surface area contributed by atoms with Crippen molar-refractivity contribution >= 4 is 17.5 Å². The molecule has 0 aliphatic carbocycles. The zero-order valence-corrected chi connectivity index (χ0v) is 13.0. The van der Waals surface area contributed by atoms with Crippen LogP contribution in [0.5, 0.6) is 0 Å². The van der Waals surface area contributed by atoms with Gasteiger partial charge in [0.05, 0.1) is 29.6 Å². The second-order valence-electron chi connectivity index (χ2n) is 5.83. The summed E-state index contributed by atoms with van der Waals surface area (Å²) in [4.78, 5) is 33.7. The van der Waals surface area contributed by atoms with Crippen molar-refractivity contribution in [3.8, 4) is 12.0 Å². The van der Waals surface area contributed by atoms with Gasteiger partial charge in [-0.2, -0.15) is 10.4 Å². The first-order chi connectivity index (χ1) is 11.5. The number of rotatable bonds is 2. The highest BCUT2D eigenvalue weighted by Gasteiger charge is 2.38. The standard InChI is InChI=1S/C15H15N7O2/c1-15(9-16)3-6-21(10-15)13(24)12(23)20-11-7-19-22(8-11)14-17-4-2-5-18-14/h2,4-5,7-8H,3,6,10H2,1H3,(H,20,23). The van der Waals surface area contributed by atoms with Crippen LogP contribution in [-0.4, -0.2) is 49.6 Å². The molecule has 1 saturated heterocycles. The first-order valence-corrected chi connectivity index (χ1v) is 7.34. The van der Waals surface area contributed by atoms with E-state index in [9.17, 15) is 9.59 Å². The molecule has 1 atom stereocenters. The molecule has 0 saturated carbocycles. The fraction of sp³-hybridized carbons (Fsp3) is 0.333. The summed E-state index contributed by atoms with van der Waals surface area (Å²) in [5, 5.41) is 15.6. The SMILES string of the molecule is CC1(C#N)CCN(C(=O)C(=O)Nc2cnn(-c3ncccn3)c2)C1. The maximum Gasteiger partial charge on any atom is 0.313 e. The molecule has 2 aromatic heterocycles. The predicted octanol–water partition coefficient (Wildman–Crippen LogP) is 0.363. The van der Waals surface area contributed by atoms with Gasteiger partial charge in [-0.15, -0.1) is 0 Å². The van der Waals surface area contributed by atoms with Crippen molar-refractivity contribution < 1.29 is 9.59 Å². The van der Waals surface area contributed by atoms with Crippen molar-refractivity contribution in [2.45, 2.75) is 13.3 Å². The van der Waals surface area contributed by atoms with Crippen LogP contribution in [0.25, 0.3) is 5.95 Å². The second kappa shape index (κ2) is 6.08. The zero-order valence-electron chi connectivity index (χ0n) is 13.0. The number of likely N-dealkylation sites (tertiary alicyclic amines) is 1. The summed E-state index contributed by atoms with van der Waals surface area (Å²) >= 11 is 0. The normalized spacial score (nSPS) is 19.8. The Morgan fingerprint density at radius 1 is 1.38 bits per heavy atom. The molecule has 2 amide bonds. The molecule has 1 aliphatic heterocycles. The van der Waals surface area contributed by atoms with Crippen molar-refractivity contribution in [1.29, 1.82) is 5.26 Å². The van der Waals surface area contributed by atoms with Gasteiger partial charge in [-0.1, -0.05) is 0 Å². The van der Waals surface area contributed by atoms with Gasteiger partial charge in [0, 0.05) is 25.5 Å². The lowest BCUT2D eigenvalue weighted by Crippen LogP contribution is -2.39. The molecule has 0 radical (unpaired) electrons. The van der Waals surface area contributed by atoms with Gasteiger partial charge in [0.2, 0.25) is 5.95 Å². The molecule has 0 bridgehead atoms. The molecule has 9 heteroatoms. The maximum atomic E-state index is 12.2. The number of nitriles is 1. The van der Waals surface area contributed by atoms with E-state index in [2.05, 4.69) is 26.5 Å². The highest BCUT2D eigenvalue weighted by molar-refractivity contribution is 6.39. The lowest BCUT2D eigenvalue weighted by Gasteiger charge is -2.17. The number of carbonyl (C=O) groups excluding carboxylic acids is 2. The summed E-state index contributed by atoms with van der Waals surface area (Å²) in [7, 11) is 0. The number of aromatic nitrogens is 4. The molecule has 1 aliphatic rings. The molecule has 3 heterocycles. The molecule has 1 unspecified atom stereocenters. The van der Waals surface area contributed by atoms with Crippen molar-refractivity contribution in [2.75, 3.05) is 18.4 Å². The molecule has 9 nitrogen and oxygen atoms in total. The molecular formula is C15H15N7O2. The topological polar surface area (TPSA) is 117 Å². The summed E-state index contributed by atoms with van der Waals surface area (Å²) < 4.78 is 1.39. The second-order valence-corrected chi connectivity index (χ2v) is 5.83. The smallest absolute Gasteiger partial charge is 0.313 e. The maximum absolute atomic E-state index is 12.2. The van der Waals surface area contributed by atoms with Gasteiger partial charge in [-0.25, -0.2) is 14.6 Å². The van der Waals surface area contributed by atoms with Crippen LogP contribution in [0.3, 0.4) is 0 Å². The molecule has 3 rings (SSSR count). The molecular weight excluding hydrogens is 310 g/mol. The van der Waals surface area contributed by atoms with Crippen LogP contribution in [-0.2, 0) is 9.59 Å². The third-order valence-electron chi connectivity index (χ3n) is 3.82. The van der Waals surface area contributed by atoms with Gasteiger partial charge in [0.15, 0.2) is 0 Å². The van der Waals surface area contributed by atoms with Crippen LogP contribution in [0.1, 0.15) is 13.3 Å². The van der Waals surface area contributed by atoms with Gasteiger partial charge < -0.3 is 10.2 Å². The van der Waals surface area contributed by atoms with E-state index in [-0.39, 0.29) is 6.54 Å². The van der Waals surface area contributed by atoms with Gasteiger partial charge in [0.25, 0.3) is 0 Å². The molecule has 2 aromatic rings. The molecule has 1 fully saturated rings. The van der Waals surface area contributed by atoms with Crippen molar-refractivity contribution in [3.63, 3.8) is 0 Å². The molecule has 0 spiro atoms.